The first-order valence-corrected chi connectivity index (χ1v) is 7.12. The molecule has 0 bridgehead atoms. The maximum Gasteiger partial charge on any atom is 0.252 e. The highest BCUT2D eigenvalue weighted by Crippen LogP contribution is 2.21. The zero-order chi connectivity index (χ0) is 14.5. The van der Waals surface area contributed by atoms with Gasteiger partial charge in [-0.05, 0) is 24.1 Å². The van der Waals surface area contributed by atoms with Gasteiger partial charge in [-0.25, -0.2) is 4.98 Å². The lowest BCUT2D eigenvalue weighted by atomic mass is 10.1. The van der Waals surface area contributed by atoms with E-state index in [-0.39, 0.29) is 5.56 Å². The largest absolute Gasteiger partial charge is 0.370 e. The highest BCUT2D eigenvalue weighted by Gasteiger charge is 2.03. The van der Waals surface area contributed by atoms with Crippen molar-refractivity contribution in [3.63, 3.8) is 0 Å². The monoisotopic (exact) mass is 311 g/mol. The average Bonchev–Trinajstić information content (AvgIpc) is 2.40. The molecule has 0 fully saturated rings. The number of nitrogens with one attached hydrogen (secondary N) is 2. The molecule has 0 aliphatic carbocycles. The van der Waals surface area contributed by atoms with Crippen molar-refractivity contribution < 1.29 is 0 Å². The van der Waals surface area contributed by atoms with E-state index < -0.39 is 0 Å². The van der Waals surface area contributed by atoms with Crippen molar-refractivity contribution in [3.05, 3.63) is 56.1 Å². The summed E-state index contributed by atoms with van der Waals surface area (Å²) in [7, 11) is 0. The Kier molecular flexibility index (Phi) is 5.04. The Bertz CT molecular complexity index is 655. The standard InChI is InChI=1S/C14H15Cl2N3O/c1-2-12-18-13(8-14(20)19-12)17-6-5-9-3-4-10(15)7-11(9)16/h3-4,7-8H,2,5-6H2,1H3,(H2,17,18,19,20). The number of hydrogen-bond acceptors (Lipinski definition) is 3. The zero-order valence-electron chi connectivity index (χ0n) is 11.0. The van der Waals surface area contributed by atoms with Crippen LogP contribution in [-0.2, 0) is 12.8 Å². The van der Waals surface area contributed by atoms with Crippen LogP contribution in [0.25, 0.3) is 0 Å². The molecule has 2 rings (SSSR count). The summed E-state index contributed by atoms with van der Waals surface area (Å²) in [6.45, 7) is 2.58. The molecule has 0 saturated carbocycles. The van der Waals surface area contributed by atoms with Crippen LogP contribution in [0.15, 0.2) is 29.1 Å². The molecular weight excluding hydrogens is 297 g/mol. The molecule has 0 radical (unpaired) electrons. The van der Waals surface area contributed by atoms with Gasteiger partial charge in [-0.1, -0.05) is 36.2 Å². The van der Waals surface area contributed by atoms with Crippen molar-refractivity contribution in [2.45, 2.75) is 19.8 Å². The summed E-state index contributed by atoms with van der Waals surface area (Å²) in [5.41, 5.74) is 0.855. The first-order chi connectivity index (χ1) is 9.58. The average molecular weight is 312 g/mol. The van der Waals surface area contributed by atoms with E-state index in [1.165, 1.54) is 6.07 Å². The lowest BCUT2D eigenvalue weighted by molar-refractivity contribution is 0.909. The van der Waals surface area contributed by atoms with E-state index in [0.717, 1.165) is 12.0 Å². The molecule has 0 aliphatic heterocycles. The van der Waals surface area contributed by atoms with Gasteiger partial charge in [-0.15, -0.1) is 0 Å². The topological polar surface area (TPSA) is 57.8 Å². The Morgan fingerprint density at radius 2 is 2.10 bits per heavy atom. The molecule has 20 heavy (non-hydrogen) atoms. The molecule has 0 amide bonds. The molecule has 0 aliphatic rings. The quantitative estimate of drug-likeness (QED) is 0.890. The Balaban J connectivity index is 1.99. The number of aromatic nitrogens is 2. The van der Waals surface area contributed by atoms with Crippen LogP contribution >= 0.6 is 23.2 Å². The molecule has 1 aromatic carbocycles. The molecule has 1 heterocycles. The van der Waals surface area contributed by atoms with E-state index in [9.17, 15) is 4.79 Å². The summed E-state index contributed by atoms with van der Waals surface area (Å²) in [4.78, 5) is 18.4. The number of anilines is 1. The Morgan fingerprint density at radius 3 is 2.80 bits per heavy atom. The minimum absolute atomic E-state index is 0.149. The fourth-order valence-corrected chi connectivity index (χ4v) is 2.32. The van der Waals surface area contributed by atoms with Gasteiger partial charge in [0.15, 0.2) is 0 Å². The van der Waals surface area contributed by atoms with E-state index in [2.05, 4.69) is 15.3 Å². The van der Waals surface area contributed by atoms with E-state index in [4.69, 9.17) is 23.2 Å². The van der Waals surface area contributed by atoms with Crippen LogP contribution in [-0.4, -0.2) is 16.5 Å². The molecule has 0 spiro atoms. The second-order valence-electron chi connectivity index (χ2n) is 4.34. The SMILES string of the molecule is CCc1nc(NCCc2ccc(Cl)cc2Cl)cc(=O)[nH]1. The van der Waals surface area contributed by atoms with E-state index in [1.807, 2.05) is 19.1 Å². The van der Waals surface area contributed by atoms with E-state index in [1.54, 1.807) is 6.07 Å². The molecule has 2 N–H and O–H groups in total. The molecule has 6 heteroatoms. The lowest BCUT2D eigenvalue weighted by Gasteiger charge is -2.08. The Labute approximate surface area is 127 Å². The summed E-state index contributed by atoms with van der Waals surface area (Å²) < 4.78 is 0. The fraction of sp³-hybridized carbons (Fsp3) is 0.286. The first-order valence-electron chi connectivity index (χ1n) is 6.36. The second kappa shape index (κ2) is 6.77. The minimum Gasteiger partial charge on any atom is -0.370 e. The van der Waals surface area contributed by atoms with Gasteiger partial charge in [0, 0.05) is 29.1 Å². The van der Waals surface area contributed by atoms with Gasteiger partial charge in [-0.2, -0.15) is 0 Å². The number of hydrogen-bond donors (Lipinski definition) is 2. The lowest BCUT2D eigenvalue weighted by Crippen LogP contribution is -2.14. The van der Waals surface area contributed by atoms with Gasteiger partial charge in [0.2, 0.25) is 0 Å². The number of rotatable bonds is 5. The van der Waals surface area contributed by atoms with Crippen LogP contribution in [0.3, 0.4) is 0 Å². The summed E-state index contributed by atoms with van der Waals surface area (Å²) >= 11 is 12.0. The first kappa shape index (κ1) is 14.9. The molecule has 1 aromatic heterocycles. The molecule has 0 unspecified atom stereocenters. The van der Waals surface area contributed by atoms with Crippen LogP contribution in [0.4, 0.5) is 5.82 Å². The summed E-state index contributed by atoms with van der Waals surface area (Å²) in [6, 6.07) is 6.88. The normalized spacial score (nSPS) is 10.6. The van der Waals surface area contributed by atoms with Crippen LogP contribution < -0.4 is 10.9 Å². The van der Waals surface area contributed by atoms with E-state index in [0.29, 0.717) is 34.7 Å². The summed E-state index contributed by atoms with van der Waals surface area (Å²) in [5.74, 6) is 1.25. The van der Waals surface area contributed by atoms with Crippen molar-refractivity contribution in [1.29, 1.82) is 0 Å². The Hall–Kier alpha value is -1.52. The highest BCUT2D eigenvalue weighted by atomic mass is 35.5. The number of benzene rings is 1. The predicted octanol–water partition coefficient (Wildman–Crippen LogP) is 3.29. The molecule has 4 nitrogen and oxygen atoms in total. The van der Waals surface area contributed by atoms with Crippen LogP contribution in [0, 0.1) is 0 Å². The Morgan fingerprint density at radius 1 is 1.30 bits per heavy atom. The summed E-state index contributed by atoms with van der Waals surface area (Å²) in [6.07, 6.45) is 1.42. The van der Waals surface area contributed by atoms with Crippen LogP contribution in [0.2, 0.25) is 10.0 Å². The molecule has 0 saturated heterocycles. The van der Waals surface area contributed by atoms with Crippen molar-refractivity contribution in [1.82, 2.24) is 9.97 Å². The minimum atomic E-state index is -0.149. The molecule has 0 atom stereocenters. The molecule has 2 aromatic rings. The smallest absolute Gasteiger partial charge is 0.252 e. The van der Waals surface area contributed by atoms with Crippen molar-refractivity contribution in [2.75, 3.05) is 11.9 Å². The number of H-pyrrole nitrogens is 1. The van der Waals surface area contributed by atoms with Crippen LogP contribution in [0.5, 0.6) is 0 Å². The maximum atomic E-state index is 11.4. The number of nitrogens with zero attached hydrogens (tertiary/aromatic N) is 1. The van der Waals surface area contributed by atoms with Crippen molar-refractivity contribution in [2.24, 2.45) is 0 Å². The third-order valence-corrected chi connectivity index (χ3v) is 3.43. The maximum absolute atomic E-state index is 11.4. The van der Waals surface area contributed by atoms with Crippen molar-refractivity contribution >= 4 is 29.0 Å². The van der Waals surface area contributed by atoms with Gasteiger partial charge < -0.3 is 10.3 Å². The van der Waals surface area contributed by atoms with Gasteiger partial charge in [-0.3, -0.25) is 4.79 Å². The van der Waals surface area contributed by atoms with Gasteiger partial charge in [0.1, 0.15) is 11.6 Å². The zero-order valence-corrected chi connectivity index (χ0v) is 12.6. The van der Waals surface area contributed by atoms with Gasteiger partial charge >= 0.3 is 0 Å². The number of aryl methyl sites for hydroxylation is 1. The highest BCUT2D eigenvalue weighted by molar-refractivity contribution is 6.35. The van der Waals surface area contributed by atoms with Gasteiger partial charge in [0.25, 0.3) is 5.56 Å². The van der Waals surface area contributed by atoms with E-state index >= 15 is 0 Å². The third-order valence-electron chi connectivity index (χ3n) is 2.84. The summed E-state index contributed by atoms with van der Waals surface area (Å²) in [5, 5.41) is 4.39. The van der Waals surface area contributed by atoms with Gasteiger partial charge in [0.05, 0.1) is 0 Å². The van der Waals surface area contributed by atoms with Crippen LogP contribution in [0.1, 0.15) is 18.3 Å². The number of aromatic amines is 1. The predicted molar refractivity (Wildman–Crippen MR) is 82.9 cm³/mol. The molecular formula is C14H15Cl2N3O. The van der Waals surface area contributed by atoms with Crippen molar-refractivity contribution in [3.8, 4) is 0 Å². The number of halogens is 2. The molecule has 106 valence electrons. The fourth-order valence-electron chi connectivity index (χ4n) is 1.82. The second-order valence-corrected chi connectivity index (χ2v) is 5.19. The third kappa shape index (κ3) is 3.99.